The Morgan fingerprint density at radius 1 is 1.08 bits per heavy atom. The molecule has 0 spiro atoms. The summed E-state index contributed by atoms with van der Waals surface area (Å²) < 4.78 is 0. The van der Waals surface area contributed by atoms with Gasteiger partial charge in [-0.3, -0.25) is 4.79 Å². The number of unbranched alkanes of at least 4 members (excludes halogenated alkanes) is 1. The second-order valence-electron chi connectivity index (χ2n) is 3.38. The molecule has 0 bridgehead atoms. The number of carbonyl (C=O) groups is 1. The van der Waals surface area contributed by atoms with Gasteiger partial charge in [0, 0.05) is 12.8 Å². The normalized spacial score (nSPS) is 10.8. The highest BCUT2D eigenvalue weighted by molar-refractivity contribution is 5.77. The van der Waals surface area contributed by atoms with Crippen LogP contribution in [-0.2, 0) is 4.79 Å². The summed E-state index contributed by atoms with van der Waals surface area (Å²) in [5.74, 6) is 0.402. The van der Waals surface area contributed by atoms with Crippen LogP contribution in [0, 0.1) is 0 Å². The number of carbonyl (C=O) groups excluding carboxylic acids is 1. The molecule has 78 valence electrons. The van der Waals surface area contributed by atoms with Crippen LogP contribution in [-0.4, -0.2) is 30.3 Å². The van der Waals surface area contributed by atoms with Crippen LogP contribution in [0.1, 0.15) is 46.5 Å². The van der Waals surface area contributed by atoms with Crippen molar-refractivity contribution < 1.29 is 4.79 Å². The van der Waals surface area contributed by atoms with Gasteiger partial charge >= 0.3 is 0 Å². The Morgan fingerprint density at radius 3 is 2.15 bits per heavy atom. The molecular weight excluding hydrogens is 162 g/mol. The second-order valence-corrected chi connectivity index (χ2v) is 3.38. The summed E-state index contributed by atoms with van der Waals surface area (Å²) in [5, 5.41) is 0. The maximum atomic E-state index is 11.0. The molecule has 0 rings (SSSR count). The third-order valence-electron chi connectivity index (χ3n) is 2.47. The molecule has 0 saturated heterocycles. The topological polar surface area (TPSA) is 20.3 Å². The third-order valence-corrected chi connectivity index (χ3v) is 2.47. The van der Waals surface area contributed by atoms with Crippen molar-refractivity contribution in [3.63, 3.8) is 0 Å². The van der Waals surface area contributed by atoms with Crippen molar-refractivity contribution in [2.24, 2.45) is 0 Å². The van der Waals surface area contributed by atoms with Crippen LogP contribution in [0.25, 0.3) is 0 Å². The highest BCUT2D eigenvalue weighted by atomic mass is 16.1. The van der Waals surface area contributed by atoms with Crippen LogP contribution < -0.4 is 0 Å². The Labute approximate surface area is 82.3 Å². The van der Waals surface area contributed by atoms with Crippen LogP contribution in [0.4, 0.5) is 0 Å². The van der Waals surface area contributed by atoms with Gasteiger partial charge in [0.05, 0.1) is 0 Å². The van der Waals surface area contributed by atoms with Gasteiger partial charge in [-0.25, -0.2) is 0 Å². The molecule has 0 saturated carbocycles. The van der Waals surface area contributed by atoms with Gasteiger partial charge in [-0.05, 0) is 32.5 Å². The van der Waals surface area contributed by atoms with Gasteiger partial charge in [0.2, 0.25) is 0 Å². The Balaban J connectivity index is 3.28. The van der Waals surface area contributed by atoms with Crippen molar-refractivity contribution in [3.8, 4) is 0 Å². The van der Waals surface area contributed by atoms with E-state index in [1.54, 1.807) is 0 Å². The molecule has 0 aromatic heterocycles. The third kappa shape index (κ3) is 6.76. The standard InChI is InChI=1S/C11H23NO/c1-4-11(13)9-7-8-10-12(5-2)6-3/h4-10H2,1-3H3. The molecule has 2 nitrogen and oxygen atoms in total. The van der Waals surface area contributed by atoms with E-state index in [-0.39, 0.29) is 0 Å². The molecule has 0 aliphatic heterocycles. The first-order valence-electron chi connectivity index (χ1n) is 5.48. The zero-order valence-electron chi connectivity index (χ0n) is 9.31. The van der Waals surface area contributed by atoms with E-state index in [4.69, 9.17) is 0 Å². The van der Waals surface area contributed by atoms with Gasteiger partial charge in [-0.2, -0.15) is 0 Å². The van der Waals surface area contributed by atoms with E-state index in [0.717, 1.165) is 38.9 Å². The number of hydrogen-bond acceptors (Lipinski definition) is 2. The van der Waals surface area contributed by atoms with E-state index < -0.39 is 0 Å². The van der Waals surface area contributed by atoms with E-state index in [1.165, 1.54) is 0 Å². The monoisotopic (exact) mass is 185 g/mol. The molecular formula is C11H23NO. The summed E-state index contributed by atoms with van der Waals surface area (Å²) in [5.41, 5.74) is 0. The van der Waals surface area contributed by atoms with Gasteiger partial charge in [0.25, 0.3) is 0 Å². The average Bonchev–Trinajstić information content (AvgIpc) is 2.18. The van der Waals surface area contributed by atoms with E-state index in [1.807, 2.05) is 6.92 Å². The van der Waals surface area contributed by atoms with Crippen LogP contribution in [0.2, 0.25) is 0 Å². The summed E-state index contributed by atoms with van der Waals surface area (Å²) in [7, 11) is 0. The summed E-state index contributed by atoms with van der Waals surface area (Å²) in [6.07, 6.45) is 3.69. The first-order chi connectivity index (χ1) is 6.24. The molecule has 13 heavy (non-hydrogen) atoms. The Hall–Kier alpha value is -0.370. The fraction of sp³-hybridized carbons (Fsp3) is 0.909. The Morgan fingerprint density at radius 2 is 1.69 bits per heavy atom. The lowest BCUT2D eigenvalue weighted by Crippen LogP contribution is -2.23. The molecule has 0 unspecified atom stereocenters. The van der Waals surface area contributed by atoms with Crippen LogP contribution in [0.5, 0.6) is 0 Å². The zero-order valence-corrected chi connectivity index (χ0v) is 9.31. The summed E-state index contributed by atoms with van der Waals surface area (Å²) in [6.45, 7) is 9.69. The number of Topliss-reactive ketones (excluding diaryl/α,β-unsaturated/α-hetero) is 1. The van der Waals surface area contributed by atoms with E-state index >= 15 is 0 Å². The Kier molecular flexibility index (Phi) is 8.00. The van der Waals surface area contributed by atoms with E-state index in [0.29, 0.717) is 12.2 Å². The maximum Gasteiger partial charge on any atom is 0.132 e. The zero-order chi connectivity index (χ0) is 10.1. The molecule has 0 radical (unpaired) electrons. The molecule has 0 aromatic rings. The predicted octanol–water partition coefficient (Wildman–Crippen LogP) is 2.48. The van der Waals surface area contributed by atoms with Crippen LogP contribution in [0.15, 0.2) is 0 Å². The average molecular weight is 185 g/mol. The van der Waals surface area contributed by atoms with Gasteiger partial charge < -0.3 is 4.90 Å². The highest BCUT2D eigenvalue weighted by Gasteiger charge is 2.00. The van der Waals surface area contributed by atoms with Crippen molar-refractivity contribution in [3.05, 3.63) is 0 Å². The molecule has 0 heterocycles. The summed E-state index contributed by atoms with van der Waals surface area (Å²) in [4.78, 5) is 13.4. The van der Waals surface area contributed by atoms with Crippen molar-refractivity contribution in [2.75, 3.05) is 19.6 Å². The van der Waals surface area contributed by atoms with Crippen LogP contribution >= 0.6 is 0 Å². The highest BCUT2D eigenvalue weighted by Crippen LogP contribution is 2.00. The SMILES string of the molecule is CCC(=O)CCCCN(CC)CC. The smallest absolute Gasteiger partial charge is 0.132 e. The number of rotatable bonds is 8. The molecule has 0 aromatic carbocycles. The number of hydrogen-bond donors (Lipinski definition) is 0. The molecule has 0 aliphatic rings. The predicted molar refractivity (Wildman–Crippen MR) is 56.9 cm³/mol. The lowest BCUT2D eigenvalue weighted by atomic mass is 10.1. The minimum Gasteiger partial charge on any atom is -0.304 e. The quantitative estimate of drug-likeness (QED) is 0.541. The maximum absolute atomic E-state index is 11.0. The van der Waals surface area contributed by atoms with Crippen molar-refractivity contribution >= 4 is 5.78 Å². The molecule has 0 N–H and O–H groups in total. The lowest BCUT2D eigenvalue weighted by Gasteiger charge is -2.17. The van der Waals surface area contributed by atoms with E-state index in [2.05, 4.69) is 18.7 Å². The minimum atomic E-state index is 0.402. The van der Waals surface area contributed by atoms with Crippen molar-refractivity contribution in [2.45, 2.75) is 46.5 Å². The largest absolute Gasteiger partial charge is 0.304 e. The molecule has 0 fully saturated rings. The van der Waals surface area contributed by atoms with Gasteiger partial charge in [-0.1, -0.05) is 20.8 Å². The van der Waals surface area contributed by atoms with Gasteiger partial charge in [0.1, 0.15) is 5.78 Å². The molecule has 2 heteroatoms. The lowest BCUT2D eigenvalue weighted by molar-refractivity contribution is -0.118. The number of nitrogens with zero attached hydrogens (tertiary/aromatic N) is 1. The summed E-state index contributed by atoms with van der Waals surface area (Å²) in [6, 6.07) is 0. The fourth-order valence-electron chi connectivity index (χ4n) is 1.37. The fourth-order valence-corrected chi connectivity index (χ4v) is 1.37. The Bertz CT molecular complexity index is 130. The second kappa shape index (κ2) is 8.24. The summed E-state index contributed by atoms with van der Waals surface area (Å²) >= 11 is 0. The first kappa shape index (κ1) is 12.6. The van der Waals surface area contributed by atoms with E-state index in [9.17, 15) is 4.79 Å². The molecule has 0 atom stereocenters. The van der Waals surface area contributed by atoms with Crippen LogP contribution in [0.3, 0.4) is 0 Å². The minimum absolute atomic E-state index is 0.402. The molecule has 0 aliphatic carbocycles. The molecule has 0 amide bonds. The number of ketones is 1. The van der Waals surface area contributed by atoms with Gasteiger partial charge in [0.15, 0.2) is 0 Å². The first-order valence-corrected chi connectivity index (χ1v) is 5.48. The van der Waals surface area contributed by atoms with Crippen molar-refractivity contribution in [1.29, 1.82) is 0 Å². The van der Waals surface area contributed by atoms with Crippen molar-refractivity contribution in [1.82, 2.24) is 4.90 Å². The van der Waals surface area contributed by atoms with Gasteiger partial charge in [-0.15, -0.1) is 0 Å².